The quantitative estimate of drug-likeness (QED) is 0.320. The van der Waals surface area contributed by atoms with Gasteiger partial charge in [0.1, 0.15) is 11.4 Å². The number of guanidine groups is 1. The van der Waals surface area contributed by atoms with Gasteiger partial charge in [0.15, 0.2) is 5.96 Å². The second kappa shape index (κ2) is 8.39. The van der Waals surface area contributed by atoms with Gasteiger partial charge in [0.2, 0.25) is 0 Å². The Kier molecular flexibility index (Phi) is 6.23. The number of alkyl carbamates (subject to hydrolysis) is 1. The standard InChI is InChI=1S/C19H24N4O4/c1-19(2,3)27-18(25)22-11-10-16(24)26-15-9-5-6-12-13(15)7-4-8-14(12)23-17(20)21/h4-9H,10-11H2,1-3H3,(H,22,25)(H4,20,21,23). The van der Waals surface area contributed by atoms with Crippen LogP contribution < -0.4 is 21.5 Å². The summed E-state index contributed by atoms with van der Waals surface area (Å²) in [5.41, 5.74) is 10.9. The van der Waals surface area contributed by atoms with E-state index in [0.29, 0.717) is 16.8 Å². The van der Waals surface area contributed by atoms with Crippen molar-refractivity contribution in [2.24, 2.45) is 16.5 Å². The molecule has 5 N–H and O–H groups in total. The van der Waals surface area contributed by atoms with E-state index in [9.17, 15) is 9.59 Å². The minimum atomic E-state index is -0.597. The van der Waals surface area contributed by atoms with Gasteiger partial charge in [-0.25, -0.2) is 9.79 Å². The largest absolute Gasteiger partial charge is 0.444 e. The number of hydrogen-bond donors (Lipinski definition) is 3. The molecule has 8 nitrogen and oxygen atoms in total. The molecule has 0 bridgehead atoms. The summed E-state index contributed by atoms with van der Waals surface area (Å²) in [6.45, 7) is 5.39. The zero-order valence-electron chi connectivity index (χ0n) is 15.6. The van der Waals surface area contributed by atoms with Gasteiger partial charge in [-0.05, 0) is 32.9 Å². The third-order valence-electron chi connectivity index (χ3n) is 3.33. The van der Waals surface area contributed by atoms with Crippen molar-refractivity contribution in [2.75, 3.05) is 6.54 Å². The van der Waals surface area contributed by atoms with Gasteiger partial charge in [-0.3, -0.25) is 4.79 Å². The zero-order valence-corrected chi connectivity index (χ0v) is 15.6. The van der Waals surface area contributed by atoms with E-state index >= 15 is 0 Å². The molecule has 2 aromatic rings. The highest BCUT2D eigenvalue weighted by Gasteiger charge is 2.16. The fraction of sp³-hybridized carbons (Fsp3) is 0.316. The molecule has 2 aromatic carbocycles. The molecule has 144 valence electrons. The van der Waals surface area contributed by atoms with Crippen LogP contribution in [0.1, 0.15) is 27.2 Å². The molecule has 0 aromatic heterocycles. The maximum absolute atomic E-state index is 12.1. The van der Waals surface area contributed by atoms with E-state index in [-0.39, 0.29) is 18.9 Å². The predicted molar refractivity (Wildman–Crippen MR) is 104 cm³/mol. The van der Waals surface area contributed by atoms with Gasteiger partial charge in [0.05, 0.1) is 12.1 Å². The first-order valence-corrected chi connectivity index (χ1v) is 8.44. The molecule has 8 heteroatoms. The molecule has 0 aliphatic carbocycles. The number of carbonyl (C=O) groups excluding carboxylic acids is 2. The van der Waals surface area contributed by atoms with Crippen LogP contribution in [0.3, 0.4) is 0 Å². The molecule has 0 aliphatic rings. The monoisotopic (exact) mass is 372 g/mol. The summed E-state index contributed by atoms with van der Waals surface area (Å²) in [6.07, 6.45) is -0.578. The van der Waals surface area contributed by atoms with E-state index in [1.54, 1.807) is 45.0 Å². The van der Waals surface area contributed by atoms with Crippen molar-refractivity contribution in [3.63, 3.8) is 0 Å². The number of benzene rings is 2. The van der Waals surface area contributed by atoms with Crippen LogP contribution >= 0.6 is 0 Å². The molecule has 0 fully saturated rings. The number of amides is 1. The Morgan fingerprint density at radius 1 is 1.07 bits per heavy atom. The first kappa shape index (κ1) is 20.0. The molecule has 0 saturated carbocycles. The van der Waals surface area contributed by atoms with E-state index in [1.165, 1.54) is 0 Å². The SMILES string of the molecule is CC(C)(C)OC(=O)NCCC(=O)Oc1cccc2c(N=C(N)N)cccc12. The molecule has 1 amide bonds. The smallest absolute Gasteiger partial charge is 0.407 e. The summed E-state index contributed by atoms with van der Waals surface area (Å²) in [5.74, 6) is -0.147. The van der Waals surface area contributed by atoms with E-state index in [4.69, 9.17) is 20.9 Å². The van der Waals surface area contributed by atoms with Crippen LogP contribution in [0.25, 0.3) is 10.8 Å². The van der Waals surface area contributed by atoms with Crippen LogP contribution in [0.4, 0.5) is 10.5 Å². The van der Waals surface area contributed by atoms with Crippen LogP contribution in [0.5, 0.6) is 5.75 Å². The minimum Gasteiger partial charge on any atom is -0.444 e. The lowest BCUT2D eigenvalue weighted by atomic mass is 10.1. The van der Waals surface area contributed by atoms with Gasteiger partial charge in [0, 0.05) is 17.3 Å². The first-order valence-electron chi connectivity index (χ1n) is 8.44. The van der Waals surface area contributed by atoms with Crippen molar-refractivity contribution in [3.05, 3.63) is 36.4 Å². The van der Waals surface area contributed by atoms with Crippen LogP contribution in [-0.4, -0.2) is 30.2 Å². The van der Waals surface area contributed by atoms with Crippen molar-refractivity contribution < 1.29 is 19.1 Å². The average Bonchev–Trinajstić information content (AvgIpc) is 2.53. The summed E-state index contributed by atoms with van der Waals surface area (Å²) in [5, 5.41) is 3.97. The predicted octanol–water partition coefficient (Wildman–Crippen LogP) is 2.56. The van der Waals surface area contributed by atoms with Gasteiger partial charge in [-0.15, -0.1) is 0 Å². The lowest BCUT2D eigenvalue weighted by molar-refractivity contribution is -0.134. The number of nitrogens with two attached hydrogens (primary N) is 2. The number of ether oxygens (including phenoxy) is 2. The number of carbonyl (C=O) groups is 2. The maximum atomic E-state index is 12.1. The normalized spacial score (nSPS) is 10.9. The number of hydrogen-bond acceptors (Lipinski definition) is 5. The van der Waals surface area contributed by atoms with Gasteiger partial charge >= 0.3 is 12.1 Å². The molecular formula is C19H24N4O4. The van der Waals surface area contributed by atoms with Crippen molar-refractivity contribution >= 4 is 34.5 Å². The molecule has 0 spiro atoms. The second-order valence-corrected chi connectivity index (χ2v) is 6.82. The van der Waals surface area contributed by atoms with Crippen molar-refractivity contribution in [1.29, 1.82) is 0 Å². The summed E-state index contributed by atoms with van der Waals surface area (Å²) in [7, 11) is 0. The molecule has 0 radical (unpaired) electrons. The number of rotatable bonds is 5. The summed E-state index contributed by atoms with van der Waals surface area (Å²) >= 11 is 0. The van der Waals surface area contributed by atoms with Crippen molar-refractivity contribution in [3.8, 4) is 5.75 Å². The van der Waals surface area contributed by atoms with Gasteiger partial charge < -0.3 is 26.3 Å². The number of nitrogens with one attached hydrogen (secondary N) is 1. The molecule has 0 heterocycles. The molecule has 2 rings (SSSR count). The zero-order chi connectivity index (χ0) is 20.0. The Morgan fingerprint density at radius 2 is 1.74 bits per heavy atom. The van der Waals surface area contributed by atoms with Crippen LogP contribution in [0.15, 0.2) is 41.4 Å². The van der Waals surface area contributed by atoms with E-state index in [0.717, 1.165) is 5.39 Å². The molecule has 0 saturated heterocycles. The Labute approximate surface area is 157 Å². The Morgan fingerprint density at radius 3 is 2.41 bits per heavy atom. The third kappa shape index (κ3) is 6.18. The van der Waals surface area contributed by atoms with Gasteiger partial charge in [-0.2, -0.15) is 0 Å². The van der Waals surface area contributed by atoms with Crippen molar-refractivity contribution in [1.82, 2.24) is 5.32 Å². The van der Waals surface area contributed by atoms with Crippen LogP contribution in [0, 0.1) is 0 Å². The highest BCUT2D eigenvalue weighted by molar-refractivity contribution is 5.99. The summed E-state index contributed by atoms with van der Waals surface area (Å²) in [6, 6.07) is 10.6. The van der Waals surface area contributed by atoms with Gasteiger partial charge in [0.25, 0.3) is 0 Å². The number of esters is 1. The Hall–Kier alpha value is -3.29. The highest BCUT2D eigenvalue weighted by atomic mass is 16.6. The Bertz CT molecular complexity index is 868. The maximum Gasteiger partial charge on any atom is 0.407 e. The molecule has 27 heavy (non-hydrogen) atoms. The molecule has 0 unspecified atom stereocenters. The van der Waals surface area contributed by atoms with E-state index in [2.05, 4.69) is 10.3 Å². The highest BCUT2D eigenvalue weighted by Crippen LogP contribution is 2.32. The van der Waals surface area contributed by atoms with Crippen LogP contribution in [-0.2, 0) is 9.53 Å². The fourth-order valence-electron chi connectivity index (χ4n) is 2.34. The van der Waals surface area contributed by atoms with E-state index in [1.807, 2.05) is 12.1 Å². The first-order chi connectivity index (χ1) is 12.7. The number of aliphatic imine (C=N–C) groups is 1. The van der Waals surface area contributed by atoms with Gasteiger partial charge in [-0.1, -0.05) is 24.3 Å². The topological polar surface area (TPSA) is 129 Å². The molecular weight excluding hydrogens is 348 g/mol. The second-order valence-electron chi connectivity index (χ2n) is 6.82. The minimum absolute atomic E-state index is 0.00320. The summed E-state index contributed by atoms with van der Waals surface area (Å²) < 4.78 is 10.5. The lowest BCUT2D eigenvalue weighted by Crippen LogP contribution is -2.34. The van der Waals surface area contributed by atoms with Crippen molar-refractivity contribution in [2.45, 2.75) is 32.8 Å². The Balaban J connectivity index is 2.03. The average molecular weight is 372 g/mol. The lowest BCUT2D eigenvalue weighted by Gasteiger charge is -2.19. The van der Waals surface area contributed by atoms with Crippen LogP contribution in [0.2, 0.25) is 0 Å². The number of fused-ring (bicyclic) bond motifs is 1. The summed E-state index contributed by atoms with van der Waals surface area (Å²) in [4.78, 5) is 27.8. The number of nitrogens with zero attached hydrogens (tertiary/aromatic N) is 1. The molecule has 0 aliphatic heterocycles. The molecule has 0 atom stereocenters. The third-order valence-corrected chi connectivity index (χ3v) is 3.33. The fourth-order valence-corrected chi connectivity index (χ4v) is 2.34. The van der Waals surface area contributed by atoms with E-state index < -0.39 is 17.7 Å².